The maximum atomic E-state index is 3.79. The number of fused-ring (bicyclic) bond motifs is 1. The minimum Gasteiger partial charge on any atom is -0.0985 e. The van der Waals surface area contributed by atoms with Crippen LogP contribution in [0.5, 0.6) is 0 Å². The molecule has 0 N–H and O–H groups in total. The summed E-state index contributed by atoms with van der Waals surface area (Å²) >= 11 is 0. The summed E-state index contributed by atoms with van der Waals surface area (Å²) in [5.74, 6) is 0. The second kappa shape index (κ2) is 5.75. The number of hydrogen-bond donors (Lipinski definition) is 0. The predicted molar refractivity (Wildman–Crippen MR) is 87.9 cm³/mol. The topological polar surface area (TPSA) is 0 Å². The van der Waals surface area contributed by atoms with Gasteiger partial charge in [0.15, 0.2) is 0 Å². The van der Waals surface area contributed by atoms with Gasteiger partial charge in [0.25, 0.3) is 0 Å². The van der Waals surface area contributed by atoms with Crippen LogP contribution in [0.2, 0.25) is 0 Å². The van der Waals surface area contributed by atoms with Crippen molar-refractivity contribution in [3.05, 3.63) is 90.0 Å². The standard InChI is InChI=1S/C20H18/c1-2-16-10-12-17(13-11-16)14-15-19-8-5-7-18-6-3-4-9-20(18)19/h2-13H,1,14-15H2. The van der Waals surface area contributed by atoms with Gasteiger partial charge in [0.05, 0.1) is 0 Å². The third-order valence-corrected chi connectivity index (χ3v) is 3.78. The van der Waals surface area contributed by atoms with E-state index in [0.29, 0.717) is 0 Å². The van der Waals surface area contributed by atoms with Gasteiger partial charge in [0, 0.05) is 0 Å². The Kier molecular flexibility index (Phi) is 3.64. The van der Waals surface area contributed by atoms with Crippen molar-refractivity contribution in [2.24, 2.45) is 0 Å². The molecule has 0 heteroatoms. The van der Waals surface area contributed by atoms with Crippen LogP contribution >= 0.6 is 0 Å². The van der Waals surface area contributed by atoms with Gasteiger partial charge in [0.1, 0.15) is 0 Å². The van der Waals surface area contributed by atoms with Gasteiger partial charge in [0.2, 0.25) is 0 Å². The second-order valence-electron chi connectivity index (χ2n) is 5.08. The van der Waals surface area contributed by atoms with E-state index in [2.05, 4.69) is 73.3 Å². The molecule has 0 aromatic heterocycles. The number of benzene rings is 3. The summed E-state index contributed by atoms with van der Waals surface area (Å²) in [7, 11) is 0. The summed E-state index contributed by atoms with van der Waals surface area (Å²) in [5, 5.41) is 2.70. The van der Waals surface area contributed by atoms with E-state index in [1.165, 1.54) is 27.5 Å². The first-order chi connectivity index (χ1) is 9.86. The van der Waals surface area contributed by atoms with Crippen LogP contribution in [0.25, 0.3) is 16.8 Å². The van der Waals surface area contributed by atoms with Gasteiger partial charge >= 0.3 is 0 Å². The summed E-state index contributed by atoms with van der Waals surface area (Å²) < 4.78 is 0. The fourth-order valence-electron chi connectivity index (χ4n) is 2.61. The normalized spacial score (nSPS) is 10.6. The molecule has 3 aromatic carbocycles. The van der Waals surface area contributed by atoms with Crippen LogP contribution in [0, 0.1) is 0 Å². The first kappa shape index (κ1) is 12.7. The minimum absolute atomic E-state index is 1.07. The van der Waals surface area contributed by atoms with Gasteiger partial charge < -0.3 is 0 Å². The van der Waals surface area contributed by atoms with E-state index >= 15 is 0 Å². The van der Waals surface area contributed by atoms with E-state index in [1.807, 2.05) is 6.08 Å². The number of aryl methyl sites for hydroxylation is 2. The lowest BCUT2D eigenvalue weighted by Crippen LogP contribution is -1.92. The van der Waals surface area contributed by atoms with E-state index in [1.54, 1.807) is 0 Å². The smallest absolute Gasteiger partial charge is 0.0152 e. The molecular weight excluding hydrogens is 240 g/mol. The first-order valence-electron chi connectivity index (χ1n) is 7.05. The van der Waals surface area contributed by atoms with Crippen molar-refractivity contribution in [1.29, 1.82) is 0 Å². The molecule has 0 bridgehead atoms. The predicted octanol–water partition coefficient (Wildman–Crippen LogP) is 5.27. The molecule has 0 nitrogen and oxygen atoms in total. The molecule has 0 aliphatic heterocycles. The van der Waals surface area contributed by atoms with Crippen LogP contribution in [0.15, 0.2) is 73.3 Å². The van der Waals surface area contributed by atoms with E-state index in [4.69, 9.17) is 0 Å². The average Bonchev–Trinajstić information content (AvgIpc) is 2.53. The summed E-state index contributed by atoms with van der Waals surface area (Å²) in [6.45, 7) is 3.79. The van der Waals surface area contributed by atoms with Crippen molar-refractivity contribution in [3.63, 3.8) is 0 Å². The van der Waals surface area contributed by atoms with Crippen LogP contribution in [0.4, 0.5) is 0 Å². The number of rotatable bonds is 4. The van der Waals surface area contributed by atoms with Gasteiger partial charge in [-0.25, -0.2) is 0 Å². The molecule has 0 fully saturated rings. The molecule has 0 atom stereocenters. The molecule has 3 rings (SSSR count). The largest absolute Gasteiger partial charge is 0.0985 e. The molecule has 0 saturated heterocycles. The van der Waals surface area contributed by atoms with Crippen molar-refractivity contribution in [3.8, 4) is 0 Å². The summed E-state index contributed by atoms with van der Waals surface area (Å²) in [5.41, 5.74) is 3.98. The van der Waals surface area contributed by atoms with Crippen LogP contribution in [-0.2, 0) is 12.8 Å². The zero-order valence-corrected chi connectivity index (χ0v) is 11.5. The van der Waals surface area contributed by atoms with E-state index in [0.717, 1.165) is 12.8 Å². The van der Waals surface area contributed by atoms with Crippen molar-refractivity contribution in [2.45, 2.75) is 12.8 Å². The molecule has 0 amide bonds. The van der Waals surface area contributed by atoms with Crippen LogP contribution in [-0.4, -0.2) is 0 Å². The highest BCUT2D eigenvalue weighted by Gasteiger charge is 2.01. The fraction of sp³-hybridized carbons (Fsp3) is 0.100. The van der Waals surface area contributed by atoms with Crippen molar-refractivity contribution in [2.75, 3.05) is 0 Å². The first-order valence-corrected chi connectivity index (χ1v) is 7.05. The Morgan fingerprint density at radius 3 is 2.30 bits per heavy atom. The fourth-order valence-corrected chi connectivity index (χ4v) is 2.61. The summed E-state index contributed by atoms with van der Waals surface area (Å²) in [6.07, 6.45) is 4.04. The molecule has 3 aromatic rings. The molecule has 0 aliphatic carbocycles. The molecule has 0 saturated carbocycles. The molecule has 0 unspecified atom stereocenters. The van der Waals surface area contributed by atoms with Gasteiger partial charge in [-0.3, -0.25) is 0 Å². The van der Waals surface area contributed by atoms with E-state index in [-0.39, 0.29) is 0 Å². The highest BCUT2D eigenvalue weighted by molar-refractivity contribution is 5.85. The molecule has 0 aliphatic rings. The van der Waals surface area contributed by atoms with Gasteiger partial charge in [-0.15, -0.1) is 0 Å². The van der Waals surface area contributed by atoms with Crippen molar-refractivity contribution in [1.82, 2.24) is 0 Å². The average molecular weight is 258 g/mol. The van der Waals surface area contributed by atoms with Crippen LogP contribution < -0.4 is 0 Å². The maximum Gasteiger partial charge on any atom is -0.0152 e. The zero-order chi connectivity index (χ0) is 13.8. The Bertz CT molecular complexity index is 715. The Morgan fingerprint density at radius 2 is 1.50 bits per heavy atom. The second-order valence-corrected chi connectivity index (χ2v) is 5.08. The molecule has 0 radical (unpaired) electrons. The Morgan fingerprint density at radius 1 is 0.750 bits per heavy atom. The zero-order valence-electron chi connectivity index (χ0n) is 11.5. The van der Waals surface area contributed by atoms with Gasteiger partial charge in [-0.2, -0.15) is 0 Å². The third-order valence-electron chi connectivity index (χ3n) is 3.78. The SMILES string of the molecule is C=Cc1ccc(CCc2cccc3ccccc23)cc1. The van der Waals surface area contributed by atoms with Crippen LogP contribution in [0.1, 0.15) is 16.7 Å². The Labute approximate surface area is 120 Å². The Balaban J connectivity index is 1.81. The summed E-state index contributed by atoms with van der Waals surface area (Å²) in [4.78, 5) is 0. The monoisotopic (exact) mass is 258 g/mol. The third kappa shape index (κ3) is 2.65. The molecule has 98 valence electrons. The highest BCUT2D eigenvalue weighted by atomic mass is 14.1. The van der Waals surface area contributed by atoms with Crippen molar-refractivity contribution < 1.29 is 0 Å². The lowest BCUT2D eigenvalue weighted by molar-refractivity contribution is 0.969. The van der Waals surface area contributed by atoms with Gasteiger partial charge in [-0.1, -0.05) is 79.4 Å². The highest BCUT2D eigenvalue weighted by Crippen LogP contribution is 2.20. The quantitative estimate of drug-likeness (QED) is 0.598. The lowest BCUT2D eigenvalue weighted by Gasteiger charge is -2.07. The molecule has 0 spiro atoms. The van der Waals surface area contributed by atoms with Crippen LogP contribution in [0.3, 0.4) is 0 Å². The molecule has 20 heavy (non-hydrogen) atoms. The molecular formula is C20H18. The van der Waals surface area contributed by atoms with Crippen molar-refractivity contribution >= 4 is 16.8 Å². The van der Waals surface area contributed by atoms with E-state index < -0.39 is 0 Å². The summed E-state index contributed by atoms with van der Waals surface area (Å²) in [6, 6.07) is 23.8. The van der Waals surface area contributed by atoms with Gasteiger partial charge in [-0.05, 0) is 40.3 Å². The molecule has 0 heterocycles. The Hall–Kier alpha value is -2.34. The lowest BCUT2D eigenvalue weighted by atomic mass is 9.98. The minimum atomic E-state index is 1.07. The maximum absolute atomic E-state index is 3.79. The van der Waals surface area contributed by atoms with E-state index in [9.17, 15) is 0 Å². The number of hydrogen-bond acceptors (Lipinski definition) is 0.